The maximum absolute atomic E-state index is 11.9. The number of amides is 2. The highest BCUT2D eigenvalue weighted by atomic mass is 16.5. The molecule has 0 radical (unpaired) electrons. The molecule has 2 amide bonds. The molecule has 1 aromatic rings. The van der Waals surface area contributed by atoms with Crippen LogP contribution in [0.2, 0.25) is 0 Å². The Morgan fingerprint density at radius 1 is 1.00 bits per heavy atom. The molecule has 6 heteroatoms. The minimum Gasteiger partial charge on any atom is -0.449 e. The lowest BCUT2D eigenvalue weighted by Gasteiger charge is -2.13. The summed E-state index contributed by atoms with van der Waals surface area (Å²) < 4.78 is 4.99. The molecule has 0 spiro atoms. The van der Waals surface area contributed by atoms with Gasteiger partial charge in [0.1, 0.15) is 0 Å². The molecular formula is C16H20N2O4. The minimum atomic E-state index is -0.905. The second-order valence-electron chi connectivity index (χ2n) is 5.05. The minimum absolute atomic E-state index is 0.170. The molecule has 0 bridgehead atoms. The fourth-order valence-electron chi connectivity index (χ4n) is 1.58. The summed E-state index contributed by atoms with van der Waals surface area (Å²) in [5.74, 6) is -1.15. The summed E-state index contributed by atoms with van der Waals surface area (Å²) in [4.78, 5) is 34.3. The molecular weight excluding hydrogens is 284 g/mol. The molecule has 0 saturated carbocycles. The summed E-state index contributed by atoms with van der Waals surface area (Å²) in [6, 6.07) is 6.62. The summed E-state index contributed by atoms with van der Waals surface area (Å²) in [5, 5.41) is 5.26. The topological polar surface area (TPSA) is 84.5 Å². The number of ether oxygens (including phenoxy) is 1. The highest BCUT2D eigenvalue weighted by Crippen LogP contribution is 2.14. The molecule has 118 valence electrons. The largest absolute Gasteiger partial charge is 0.449 e. The first kappa shape index (κ1) is 17.4. The average molecular weight is 304 g/mol. The van der Waals surface area contributed by atoms with Crippen LogP contribution in [-0.4, -0.2) is 23.9 Å². The third-order valence-electron chi connectivity index (χ3n) is 2.54. The van der Waals surface area contributed by atoms with Gasteiger partial charge in [-0.25, -0.2) is 4.79 Å². The Labute approximate surface area is 129 Å². The first-order valence-electron chi connectivity index (χ1n) is 6.82. The standard InChI is InChI=1S/C16H20N2O4/c1-10(2)9-15(20)22-11(3)16(21)18-14-7-5-13(6-8-14)17-12(4)19/h5-9,11H,1-4H3,(H,17,19)(H,18,21)/t11-/m0/s1. The molecule has 6 nitrogen and oxygen atoms in total. The quantitative estimate of drug-likeness (QED) is 0.646. The SMILES string of the molecule is CC(=O)Nc1ccc(NC(=O)[C@H](C)OC(=O)C=C(C)C)cc1. The van der Waals surface area contributed by atoms with Gasteiger partial charge in [-0.1, -0.05) is 5.57 Å². The van der Waals surface area contributed by atoms with Gasteiger partial charge in [-0.3, -0.25) is 9.59 Å². The van der Waals surface area contributed by atoms with Crippen molar-refractivity contribution in [3.05, 3.63) is 35.9 Å². The molecule has 0 aromatic heterocycles. The molecule has 22 heavy (non-hydrogen) atoms. The number of hydrogen-bond donors (Lipinski definition) is 2. The van der Waals surface area contributed by atoms with Gasteiger partial charge in [-0.2, -0.15) is 0 Å². The number of rotatable bonds is 5. The number of carbonyl (C=O) groups is 3. The highest BCUT2D eigenvalue weighted by molar-refractivity contribution is 5.96. The second-order valence-corrected chi connectivity index (χ2v) is 5.05. The van der Waals surface area contributed by atoms with Gasteiger partial charge in [-0.15, -0.1) is 0 Å². The number of esters is 1. The molecule has 1 rings (SSSR count). The van der Waals surface area contributed by atoms with Crippen LogP contribution >= 0.6 is 0 Å². The van der Waals surface area contributed by atoms with E-state index < -0.39 is 18.0 Å². The monoisotopic (exact) mass is 304 g/mol. The van der Waals surface area contributed by atoms with Crippen LogP contribution < -0.4 is 10.6 Å². The Morgan fingerprint density at radius 3 is 1.95 bits per heavy atom. The van der Waals surface area contributed by atoms with Crippen molar-refractivity contribution in [2.45, 2.75) is 33.8 Å². The van der Waals surface area contributed by atoms with E-state index in [2.05, 4.69) is 10.6 Å². The number of allylic oxidation sites excluding steroid dienone is 1. The summed E-state index contributed by atoms with van der Waals surface area (Å²) in [5.41, 5.74) is 1.98. The first-order valence-corrected chi connectivity index (χ1v) is 6.82. The predicted octanol–water partition coefficient (Wildman–Crippen LogP) is 2.48. The van der Waals surface area contributed by atoms with Gasteiger partial charge in [0, 0.05) is 24.4 Å². The van der Waals surface area contributed by atoms with Gasteiger partial charge >= 0.3 is 5.97 Å². The molecule has 0 heterocycles. The van der Waals surface area contributed by atoms with Crippen LogP contribution in [0.1, 0.15) is 27.7 Å². The van der Waals surface area contributed by atoms with E-state index in [1.165, 1.54) is 19.9 Å². The molecule has 0 unspecified atom stereocenters. The Bertz CT molecular complexity index is 587. The van der Waals surface area contributed by atoms with Crippen molar-refractivity contribution in [2.75, 3.05) is 10.6 Å². The Kier molecular flexibility index (Phi) is 6.31. The maximum Gasteiger partial charge on any atom is 0.331 e. The third-order valence-corrected chi connectivity index (χ3v) is 2.54. The van der Waals surface area contributed by atoms with Gasteiger partial charge in [0.05, 0.1) is 0 Å². The summed E-state index contributed by atoms with van der Waals surface area (Å²) >= 11 is 0. The van der Waals surface area contributed by atoms with Crippen LogP contribution in [0.25, 0.3) is 0 Å². The van der Waals surface area contributed by atoms with E-state index >= 15 is 0 Å². The van der Waals surface area contributed by atoms with Gasteiger partial charge in [0.2, 0.25) is 5.91 Å². The van der Waals surface area contributed by atoms with Crippen LogP contribution in [0.3, 0.4) is 0 Å². The molecule has 0 aliphatic rings. The predicted molar refractivity (Wildman–Crippen MR) is 84.4 cm³/mol. The van der Waals surface area contributed by atoms with Gasteiger partial charge in [0.25, 0.3) is 5.91 Å². The van der Waals surface area contributed by atoms with Gasteiger partial charge in [-0.05, 0) is 45.0 Å². The van der Waals surface area contributed by atoms with Crippen LogP contribution in [0, 0.1) is 0 Å². The second kappa shape index (κ2) is 7.97. The molecule has 2 N–H and O–H groups in total. The number of hydrogen-bond acceptors (Lipinski definition) is 4. The van der Waals surface area contributed by atoms with E-state index in [1.807, 2.05) is 0 Å². The fourth-order valence-corrected chi connectivity index (χ4v) is 1.58. The van der Waals surface area contributed by atoms with Crippen molar-refractivity contribution in [1.82, 2.24) is 0 Å². The molecule has 0 saturated heterocycles. The van der Waals surface area contributed by atoms with Crippen molar-refractivity contribution in [3.8, 4) is 0 Å². The van der Waals surface area contributed by atoms with Crippen molar-refractivity contribution >= 4 is 29.2 Å². The number of anilines is 2. The van der Waals surface area contributed by atoms with Crippen molar-refractivity contribution < 1.29 is 19.1 Å². The van der Waals surface area contributed by atoms with Crippen molar-refractivity contribution in [2.24, 2.45) is 0 Å². The molecule has 1 aromatic carbocycles. The zero-order chi connectivity index (χ0) is 16.7. The van der Waals surface area contributed by atoms with E-state index in [0.717, 1.165) is 5.57 Å². The van der Waals surface area contributed by atoms with E-state index in [4.69, 9.17) is 4.74 Å². The Morgan fingerprint density at radius 2 is 1.50 bits per heavy atom. The Balaban J connectivity index is 2.58. The van der Waals surface area contributed by atoms with E-state index in [1.54, 1.807) is 38.1 Å². The van der Waals surface area contributed by atoms with Crippen LogP contribution in [-0.2, 0) is 19.1 Å². The lowest BCUT2D eigenvalue weighted by Crippen LogP contribution is -2.29. The van der Waals surface area contributed by atoms with E-state index in [0.29, 0.717) is 11.4 Å². The zero-order valence-electron chi connectivity index (χ0n) is 13.1. The molecule has 1 atom stereocenters. The zero-order valence-corrected chi connectivity index (χ0v) is 13.1. The van der Waals surface area contributed by atoms with Crippen molar-refractivity contribution in [1.29, 1.82) is 0 Å². The number of nitrogens with one attached hydrogen (secondary N) is 2. The van der Waals surface area contributed by atoms with E-state index in [9.17, 15) is 14.4 Å². The Hall–Kier alpha value is -2.63. The molecule has 0 aliphatic carbocycles. The average Bonchev–Trinajstić information content (AvgIpc) is 2.39. The normalized spacial score (nSPS) is 11.1. The first-order chi connectivity index (χ1) is 10.3. The third kappa shape index (κ3) is 6.21. The fraction of sp³-hybridized carbons (Fsp3) is 0.312. The van der Waals surface area contributed by atoms with E-state index in [-0.39, 0.29) is 5.91 Å². The number of carbonyl (C=O) groups excluding carboxylic acids is 3. The van der Waals surface area contributed by atoms with Gasteiger partial charge in [0.15, 0.2) is 6.10 Å². The highest BCUT2D eigenvalue weighted by Gasteiger charge is 2.16. The van der Waals surface area contributed by atoms with Gasteiger partial charge < -0.3 is 15.4 Å². The van der Waals surface area contributed by atoms with Crippen LogP contribution in [0.4, 0.5) is 11.4 Å². The van der Waals surface area contributed by atoms with Crippen LogP contribution in [0.15, 0.2) is 35.9 Å². The smallest absolute Gasteiger partial charge is 0.331 e. The lowest BCUT2D eigenvalue weighted by atomic mass is 10.2. The molecule has 0 aliphatic heterocycles. The van der Waals surface area contributed by atoms with Crippen LogP contribution in [0.5, 0.6) is 0 Å². The number of benzene rings is 1. The summed E-state index contributed by atoms with van der Waals surface area (Å²) in [7, 11) is 0. The lowest BCUT2D eigenvalue weighted by molar-refractivity contribution is -0.148. The van der Waals surface area contributed by atoms with Crippen molar-refractivity contribution in [3.63, 3.8) is 0 Å². The maximum atomic E-state index is 11.9. The summed E-state index contributed by atoms with van der Waals surface area (Å²) in [6.07, 6.45) is 0.421. The summed E-state index contributed by atoms with van der Waals surface area (Å²) in [6.45, 7) is 6.45. The molecule has 0 fully saturated rings.